The molecule has 94 valence electrons. The summed E-state index contributed by atoms with van der Waals surface area (Å²) in [5.74, 6) is 1.59. The summed E-state index contributed by atoms with van der Waals surface area (Å²) in [6, 6.07) is 6.77. The van der Waals surface area contributed by atoms with E-state index < -0.39 is 0 Å². The van der Waals surface area contributed by atoms with Gasteiger partial charge in [0.15, 0.2) is 0 Å². The van der Waals surface area contributed by atoms with Crippen molar-refractivity contribution < 1.29 is 0 Å². The number of rotatable bonds is 2. The molecule has 1 aromatic carbocycles. The molecule has 0 heterocycles. The average molecular weight is 231 g/mol. The topological polar surface area (TPSA) is 26.0 Å². The van der Waals surface area contributed by atoms with Crippen LogP contribution in [-0.2, 0) is 0 Å². The van der Waals surface area contributed by atoms with Gasteiger partial charge in [-0.15, -0.1) is 0 Å². The van der Waals surface area contributed by atoms with Crippen molar-refractivity contribution in [3.05, 3.63) is 34.9 Å². The minimum absolute atomic E-state index is 0.238. The zero-order valence-corrected chi connectivity index (χ0v) is 11.4. The average Bonchev–Trinajstić information content (AvgIpc) is 2.33. The van der Waals surface area contributed by atoms with Crippen molar-refractivity contribution in [2.75, 3.05) is 0 Å². The van der Waals surface area contributed by atoms with Gasteiger partial charge in [0.1, 0.15) is 0 Å². The van der Waals surface area contributed by atoms with Gasteiger partial charge in [0.2, 0.25) is 0 Å². The van der Waals surface area contributed by atoms with Gasteiger partial charge < -0.3 is 5.73 Å². The summed E-state index contributed by atoms with van der Waals surface area (Å²) in [4.78, 5) is 0. The van der Waals surface area contributed by atoms with Gasteiger partial charge in [-0.1, -0.05) is 38.0 Å². The predicted octanol–water partition coefficient (Wildman–Crippen LogP) is 4.13. The Morgan fingerprint density at radius 3 is 2.41 bits per heavy atom. The minimum atomic E-state index is 0.238. The first kappa shape index (κ1) is 12.6. The summed E-state index contributed by atoms with van der Waals surface area (Å²) < 4.78 is 0. The Hall–Kier alpha value is -0.820. The van der Waals surface area contributed by atoms with Crippen molar-refractivity contribution in [3.8, 4) is 0 Å². The molecule has 1 unspecified atom stereocenters. The minimum Gasteiger partial charge on any atom is -0.324 e. The van der Waals surface area contributed by atoms with Gasteiger partial charge in [-0.2, -0.15) is 0 Å². The molecule has 1 nitrogen and oxygen atoms in total. The second-order valence-corrected chi connectivity index (χ2v) is 5.83. The van der Waals surface area contributed by atoms with E-state index in [2.05, 4.69) is 39.0 Å². The maximum absolute atomic E-state index is 6.48. The molecule has 0 saturated heterocycles. The maximum Gasteiger partial charge on any atom is 0.0326 e. The van der Waals surface area contributed by atoms with E-state index in [4.69, 9.17) is 5.73 Å². The molecule has 1 atom stereocenters. The summed E-state index contributed by atoms with van der Waals surface area (Å²) >= 11 is 0. The van der Waals surface area contributed by atoms with E-state index >= 15 is 0 Å². The molecule has 0 aliphatic heterocycles. The van der Waals surface area contributed by atoms with Gasteiger partial charge in [-0.25, -0.2) is 0 Å². The van der Waals surface area contributed by atoms with Crippen LogP contribution in [-0.4, -0.2) is 0 Å². The highest BCUT2D eigenvalue weighted by Gasteiger charge is 2.25. The SMILES string of the molecule is Cc1cccc(C(N)C2CCC(C)CC2)c1C. The van der Waals surface area contributed by atoms with E-state index in [1.165, 1.54) is 42.4 Å². The molecule has 1 saturated carbocycles. The molecular formula is C16H25N. The highest BCUT2D eigenvalue weighted by molar-refractivity contribution is 5.35. The maximum atomic E-state index is 6.48. The van der Waals surface area contributed by atoms with Crippen LogP contribution in [0.5, 0.6) is 0 Å². The van der Waals surface area contributed by atoms with Crippen molar-refractivity contribution in [1.29, 1.82) is 0 Å². The highest BCUT2D eigenvalue weighted by Crippen LogP contribution is 2.36. The van der Waals surface area contributed by atoms with Gasteiger partial charge in [0.25, 0.3) is 0 Å². The standard InChI is InChI=1S/C16H25N/c1-11-7-9-14(10-8-11)16(17)15-6-4-5-12(2)13(15)3/h4-6,11,14,16H,7-10,17H2,1-3H3. The molecule has 0 aromatic heterocycles. The van der Waals surface area contributed by atoms with Crippen LogP contribution < -0.4 is 5.73 Å². The molecule has 2 N–H and O–H groups in total. The molecule has 1 heteroatoms. The number of hydrogen-bond donors (Lipinski definition) is 1. The molecule has 0 spiro atoms. The van der Waals surface area contributed by atoms with Crippen LogP contribution in [0.1, 0.15) is 55.3 Å². The third kappa shape index (κ3) is 2.71. The van der Waals surface area contributed by atoms with Gasteiger partial charge in [0.05, 0.1) is 0 Å². The largest absolute Gasteiger partial charge is 0.324 e. The molecule has 0 bridgehead atoms. The van der Waals surface area contributed by atoms with E-state index in [9.17, 15) is 0 Å². The molecule has 0 radical (unpaired) electrons. The van der Waals surface area contributed by atoms with E-state index in [-0.39, 0.29) is 6.04 Å². The molecule has 1 fully saturated rings. The summed E-state index contributed by atoms with van der Waals surface area (Å²) in [7, 11) is 0. The first-order chi connectivity index (χ1) is 8.09. The van der Waals surface area contributed by atoms with E-state index in [0.717, 1.165) is 5.92 Å². The zero-order chi connectivity index (χ0) is 12.4. The number of hydrogen-bond acceptors (Lipinski definition) is 1. The van der Waals surface area contributed by atoms with Gasteiger partial charge >= 0.3 is 0 Å². The Kier molecular flexibility index (Phi) is 3.88. The predicted molar refractivity (Wildman–Crippen MR) is 74.0 cm³/mol. The van der Waals surface area contributed by atoms with Crippen molar-refractivity contribution in [2.45, 2.75) is 52.5 Å². The highest BCUT2D eigenvalue weighted by atomic mass is 14.7. The molecule has 1 aromatic rings. The fourth-order valence-electron chi connectivity index (χ4n) is 3.03. The summed E-state index contributed by atoms with van der Waals surface area (Å²) in [5.41, 5.74) is 10.6. The molecule has 2 rings (SSSR count). The van der Waals surface area contributed by atoms with Gasteiger partial charge in [-0.3, -0.25) is 0 Å². The fourth-order valence-corrected chi connectivity index (χ4v) is 3.03. The number of aryl methyl sites for hydroxylation is 1. The monoisotopic (exact) mass is 231 g/mol. The first-order valence-electron chi connectivity index (χ1n) is 6.91. The molecule has 1 aliphatic rings. The summed E-state index contributed by atoms with van der Waals surface area (Å²) in [6.45, 7) is 6.74. The van der Waals surface area contributed by atoms with Gasteiger partial charge in [0, 0.05) is 6.04 Å². The third-order valence-corrected chi connectivity index (χ3v) is 4.57. The van der Waals surface area contributed by atoms with Crippen LogP contribution >= 0.6 is 0 Å². The quantitative estimate of drug-likeness (QED) is 0.813. The molecule has 17 heavy (non-hydrogen) atoms. The van der Waals surface area contributed by atoms with Crippen LogP contribution in [0, 0.1) is 25.7 Å². The van der Waals surface area contributed by atoms with Crippen LogP contribution in [0.15, 0.2) is 18.2 Å². The van der Waals surface area contributed by atoms with Crippen LogP contribution in [0.3, 0.4) is 0 Å². The van der Waals surface area contributed by atoms with Gasteiger partial charge in [-0.05, 0) is 55.2 Å². The second kappa shape index (κ2) is 5.22. The van der Waals surface area contributed by atoms with Crippen LogP contribution in [0.25, 0.3) is 0 Å². The van der Waals surface area contributed by atoms with Crippen molar-refractivity contribution in [2.24, 2.45) is 17.6 Å². The number of benzene rings is 1. The Balaban J connectivity index is 2.14. The van der Waals surface area contributed by atoms with E-state index in [1.807, 2.05) is 0 Å². The van der Waals surface area contributed by atoms with Crippen molar-refractivity contribution >= 4 is 0 Å². The Labute approximate surface area is 105 Å². The lowest BCUT2D eigenvalue weighted by atomic mass is 9.77. The Morgan fingerprint density at radius 2 is 1.76 bits per heavy atom. The van der Waals surface area contributed by atoms with E-state index in [0.29, 0.717) is 5.92 Å². The summed E-state index contributed by atoms with van der Waals surface area (Å²) in [5, 5.41) is 0. The third-order valence-electron chi connectivity index (χ3n) is 4.57. The Morgan fingerprint density at radius 1 is 1.12 bits per heavy atom. The zero-order valence-electron chi connectivity index (χ0n) is 11.4. The first-order valence-corrected chi connectivity index (χ1v) is 6.91. The molecule has 1 aliphatic carbocycles. The number of nitrogens with two attached hydrogens (primary N) is 1. The second-order valence-electron chi connectivity index (χ2n) is 5.83. The smallest absolute Gasteiger partial charge is 0.0326 e. The lowest BCUT2D eigenvalue weighted by molar-refractivity contribution is 0.255. The molecular weight excluding hydrogens is 206 g/mol. The molecule has 0 amide bonds. The Bertz CT molecular complexity index is 375. The fraction of sp³-hybridized carbons (Fsp3) is 0.625. The van der Waals surface area contributed by atoms with Crippen molar-refractivity contribution in [1.82, 2.24) is 0 Å². The normalized spacial score (nSPS) is 26.8. The van der Waals surface area contributed by atoms with Crippen LogP contribution in [0.4, 0.5) is 0 Å². The lowest BCUT2D eigenvalue weighted by Gasteiger charge is -2.31. The lowest BCUT2D eigenvalue weighted by Crippen LogP contribution is -2.26. The van der Waals surface area contributed by atoms with Crippen LogP contribution in [0.2, 0.25) is 0 Å². The van der Waals surface area contributed by atoms with E-state index in [1.54, 1.807) is 0 Å². The summed E-state index contributed by atoms with van der Waals surface area (Å²) in [6.07, 6.45) is 5.30. The van der Waals surface area contributed by atoms with Crippen molar-refractivity contribution in [3.63, 3.8) is 0 Å².